The third-order valence-corrected chi connectivity index (χ3v) is 1.71. The highest BCUT2D eigenvalue weighted by Crippen LogP contribution is 2.18. The van der Waals surface area contributed by atoms with Crippen molar-refractivity contribution in [3.8, 4) is 6.07 Å². The summed E-state index contributed by atoms with van der Waals surface area (Å²) in [5, 5.41) is 17.8. The monoisotopic (exact) mass is 139 g/mol. The molecule has 0 aliphatic heterocycles. The Kier molecular flexibility index (Phi) is 3.11. The van der Waals surface area contributed by atoms with Crippen molar-refractivity contribution in [2.24, 2.45) is 0 Å². The van der Waals surface area contributed by atoms with Crippen LogP contribution in [0.4, 0.5) is 0 Å². The summed E-state index contributed by atoms with van der Waals surface area (Å²) >= 11 is 0. The van der Waals surface area contributed by atoms with Crippen LogP contribution in [0.3, 0.4) is 0 Å². The minimum atomic E-state index is -0.941. The van der Waals surface area contributed by atoms with Crippen molar-refractivity contribution in [2.75, 3.05) is 0 Å². The van der Waals surface area contributed by atoms with Gasteiger partial charge in [0.05, 0.1) is 18.1 Å². The second-order valence-electron chi connectivity index (χ2n) is 2.58. The van der Waals surface area contributed by atoms with Gasteiger partial charge in [-0.3, -0.25) is 0 Å². The molecule has 0 aromatic rings. The molecule has 0 radical (unpaired) electrons. The molecular weight excluding hydrogens is 126 g/mol. The average Bonchev–Trinajstić information content (AvgIpc) is 1.86. The van der Waals surface area contributed by atoms with E-state index in [4.69, 9.17) is 5.26 Å². The first-order valence-electron chi connectivity index (χ1n) is 3.27. The molecule has 0 fully saturated rings. The van der Waals surface area contributed by atoms with Crippen molar-refractivity contribution in [2.45, 2.75) is 32.8 Å². The van der Waals surface area contributed by atoms with Gasteiger partial charge in [-0.15, -0.1) is 0 Å². The molecular formula is C8H13NO. The van der Waals surface area contributed by atoms with E-state index < -0.39 is 5.60 Å². The number of hydrogen-bond acceptors (Lipinski definition) is 2. The zero-order chi connectivity index (χ0) is 8.20. The molecule has 1 atom stereocenters. The minimum Gasteiger partial charge on any atom is -0.385 e. The fraction of sp³-hybridized carbons (Fsp3) is 0.625. The van der Waals surface area contributed by atoms with E-state index in [1.165, 1.54) is 0 Å². The van der Waals surface area contributed by atoms with Crippen LogP contribution in [-0.2, 0) is 0 Å². The average molecular weight is 139 g/mol. The number of nitriles is 1. The number of hydrogen-bond donors (Lipinski definition) is 1. The Morgan fingerprint density at radius 3 is 2.60 bits per heavy atom. The van der Waals surface area contributed by atoms with Gasteiger partial charge in [-0.2, -0.15) is 5.26 Å². The highest BCUT2D eigenvalue weighted by molar-refractivity contribution is 5.13. The normalized spacial score (nSPS) is 17.7. The predicted octanol–water partition coefficient (Wildman–Crippen LogP) is 1.62. The van der Waals surface area contributed by atoms with Crippen LogP contribution in [0.15, 0.2) is 11.6 Å². The second-order valence-corrected chi connectivity index (χ2v) is 2.58. The Morgan fingerprint density at radius 2 is 2.30 bits per heavy atom. The number of nitrogens with zero attached hydrogens (tertiary/aromatic N) is 1. The molecule has 0 rings (SSSR count). The van der Waals surface area contributed by atoms with Gasteiger partial charge >= 0.3 is 0 Å². The lowest BCUT2D eigenvalue weighted by molar-refractivity contribution is 0.104. The van der Waals surface area contributed by atoms with Gasteiger partial charge in [0.2, 0.25) is 0 Å². The molecule has 0 aromatic heterocycles. The summed E-state index contributed by atoms with van der Waals surface area (Å²) in [5.41, 5.74) is -0.0993. The Hall–Kier alpha value is -0.810. The van der Waals surface area contributed by atoms with Gasteiger partial charge in [-0.05, 0) is 26.3 Å². The molecule has 0 aromatic carbocycles. The molecule has 0 saturated heterocycles. The summed E-state index contributed by atoms with van der Waals surface area (Å²) in [6.45, 7) is 5.31. The first kappa shape index (κ1) is 9.19. The first-order chi connectivity index (χ1) is 4.54. The van der Waals surface area contributed by atoms with E-state index in [2.05, 4.69) is 0 Å². The van der Waals surface area contributed by atoms with Crippen molar-refractivity contribution in [1.29, 1.82) is 5.26 Å². The Balaban J connectivity index is 4.28. The SMILES string of the molecule is C/C=C(\C)C(C)(O)CC#N. The molecule has 0 aliphatic carbocycles. The van der Waals surface area contributed by atoms with Crippen LogP contribution in [0.25, 0.3) is 0 Å². The maximum atomic E-state index is 9.49. The van der Waals surface area contributed by atoms with Crippen molar-refractivity contribution in [1.82, 2.24) is 0 Å². The molecule has 0 amide bonds. The van der Waals surface area contributed by atoms with E-state index in [1.54, 1.807) is 6.92 Å². The molecule has 2 nitrogen and oxygen atoms in total. The van der Waals surface area contributed by atoms with Crippen molar-refractivity contribution in [3.63, 3.8) is 0 Å². The summed E-state index contributed by atoms with van der Waals surface area (Å²) in [7, 11) is 0. The van der Waals surface area contributed by atoms with Gasteiger partial charge in [-0.25, -0.2) is 0 Å². The van der Waals surface area contributed by atoms with Gasteiger partial charge in [0.15, 0.2) is 0 Å². The van der Waals surface area contributed by atoms with Gasteiger partial charge in [0.1, 0.15) is 0 Å². The predicted molar refractivity (Wildman–Crippen MR) is 40.3 cm³/mol. The molecule has 2 heteroatoms. The molecule has 1 unspecified atom stereocenters. The lowest BCUT2D eigenvalue weighted by Crippen LogP contribution is -2.24. The van der Waals surface area contributed by atoms with E-state index in [0.717, 1.165) is 5.57 Å². The van der Waals surface area contributed by atoms with Crippen LogP contribution >= 0.6 is 0 Å². The Morgan fingerprint density at radius 1 is 1.80 bits per heavy atom. The van der Waals surface area contributed by atoms with E-state index >= 15 is 0 Å². The lowest BCUT2D eigenvalue weighted by Gasteiger charge is -2.20. The molecule has 0 aliphatic rings. The van der Waals surface area contributed by atoms with Crippen LogP contribution in [0.5, 0.6) is 0 Å². The molecule has 0 bridgehead atoms. The largest absolute Gasteiger partial charge is 0.385 e. The van der Waals surface area contributed by atoms with Gasteiger partial charge in [-0.1, -0.05) is 6.08 Å². The summed E-state index contributed by atoms with van der Waals surface area (Å²) in [6, 6.07) is 1.93. The van der Waals surface area contributed by atoms with Crippen LogP contribution in [0.1, 0.15) is 27.2 Å². The topological polar surface area (TPSA) is 44.0 Å². The Bertz CT molecular complexity index is 174. The summed E-state index contributed by atoms with van der Waals surface area (Å²) in [6.07, 6.45) is 1.97. The summed E-state index contributed by atoms with van der Waals surface area (Å²) in [4.78, 5) is 0. The summed E-state index contributed by atoms with van der Waals surface area (Å²) < 4.78 is 0. The quantitative estimate of drug-likeness (QED) is 0.591. The minimum absolute atomic E-state index is 0.156. The number of rotatable bonds is 2. The van der Waals surface area contributed by atoms with Crippen molar-refractivity contribution >= 4 is 0 Å². The number of allylic oxidation sites excluding steroid dienone is 1. The lowest BCUT2D eigenvalue weighted by atomic mass is 9.94. The van der Waals surface area contributed by atoms with E-state index in [9.17, 15) is 5.11 Å². The Labute approximate surface area is 61.8 Å². The van der Waals surface area contributed by atoms with E-state index in [0.29, 0.717) is 0 Å². The van der Waals surface area contributed by atoms with Gasteiger partial charge in [0, 0.05) is 0 Å². The van der Waals surface area contributed by atoms with E-state index in [1.807, 2.05) is 26.0 Å². The third-order valence-electron chi connectivity index (χ3n) is 1.71. The third kappa shape index (κ3) is 2.20. The zero-order valence-corrected chi connectivity index (χ0v) is 6.68. The highest BCUT2D eigenvalue weighted by atomic mass is 16.3. The second kappa shape index (κ2) is 3.38. The van der Waals surface area contributed by atoms with Crippen LogP contribution in [0, 0.1) is 11.3 Å². The maximum Gasteiger partial charge on any atom is 0.0955 e. The molecule has 1 N–H and O–H groups in total. The van der Waals surface area contributed by atoms with Crippen LogP contribution in [-0.4, -0.2) is 10.7 Å². The smallest absolute Gasteiger partial charge is 0.0955 e. The fourth-order valence-corrected chi connectivity index (χ4v) is 0.604. The van der Waals surface area contributed by atoms with Crippen LogP contribution in [0.2, 0.25) is 0 Å². The molecule has 0 heterocycles. The first-order valence-corrected chi connectivity index (χ1v) is 3.27. The van der Waals surface area contributed by atoms with Crippen molar-refractivity contribution < 1.29 is 5.11 Å². The van der Waals surface area contributed by atoms with Gasteiger partial charge in [0.25, 0.3) is 0 Å². The molecule has 0 saturated carbocycles. The molecule has 0 spiro atoms. The molecule has 56 valence electrons. The summed E-state index contributed by atoms with van der Waals surface area (Å²) in [5.74, 6) is 0. The highest BCUT2D eigenvalue weighted by Gasteiger charge is 2.20. The fourth-order valence-electron chi connectivity index (χ4n) is 0.604. The van der Waals surface area contributed by atoms with Gasteiger partial charge < -0.3 is 5.11 Å². The standard InChI is InChI=1S/C8H13NO/c1-4-7(2)8(3,10)5-6-9/h4,10H,5H2,1-3H3/b7-4+. The number of aliphatic hydroxyl groups is 1. The van der Waals surface area contributed by atoms with E-state index in [-0.39, 0.29) is 6.42 Å². The maximum absolute atomic E-state index is 9.49. The van der Waals surface area contributed by atoms with Crippen LogP contribution < -0.4 is 0 Å². The molecule has 10 heavy (non-hydrogen) atoms. The van der Waals surface area contributed by atoms with Crippen molar-refractivity contribution in [3.05, 3.63) is 11.6 Å². The zero-order valence-electron chi connectivity index (χ0n) is 6.68.